The van der Waals surface area contributed by atoms with Gasteiger partial charge in [-0.05, 0) is 63.5 Å². The van der Waals surface area contributed by atoms with Gasteiger partial charge < -0.3 is 14.4 Å². The van der Waals surface area contributed by atoms with Crippen molar-refractivity contribution in [2.24, 2.45) is 0 Å². The van der Waals surface area contributed by atoms with E-state index in [2.05, 4.69) is 0 Å². The van der Waals surface area contributed by atoms with E-state index in [-0.39, 0.29) is 11.6 Å². The fraction of sp³-hybridized carbons (Fsp3) is 0.682. The Morgan fingerprint density at radius 2 is 1.55 bits per heavy atom. The highest BCUT2D eigenvalue weighted by Crippen LogP contribution is 2.39. The Balaban J connectivity index is 3.32. The maximum absolute atomic E-state index is 13.0. The zero-order chi connectivity index (χ0) is 24.4. The first-order chi connectivity index (χ1) is 13.8. The number of ether oxygens (including phenoxy) is 1. The molecule has 0 saturated heterocycles. The van der Waals surface area contributed by atoms with Gasteiger partial charge in [-0.2, -0.15) is 18.2 Å². The van der Waals surface area contributed by atoms with E-state index in [9.17, 15) is 23.1 Å². The molecule has 178 valence electrons. The van der Waals surface area contributed by atoms with Crippen LogP contribution in [0.3, 0.4) is 0 Å². The summed E-state index contributed by atoms with van der Waals surface area (Å²) >= 11 is 0. The number of amides is 1. The summed E-state index contributed by atoms with van der Waals surface area (Å²) < 4.78 is 50.5. The van der Waals surface area contributed by atoms with Gasteiger partial charge in [-0.1, -0.05) is 32.9 Å². The molecule has 0 radical (unpaired) electrons. The van der Waals surface area contributed by atoms with Crippen molar-refractivity contribution in [2.45, 2.75) is 90.3 Å². The lowest BCUT2D eigenvalue weighted by atomic mass is 9.92. The third kappa shape index (κ3) is 7.50. The molecule has 0 unspecified atom stereocenters. The quantitative estimate of drug-likeness (QED) is 0.395. The molecule has 1 rings (SSSR count). The summed E-state index contributed by atoms with van der Waals surface area (Å²) in [6.45, 7) is 16.5. The Morgan fingerprint density at radius 3 is 1.90 bits per heavy atom. The molecule has 1 amide bonds. The highest BCUT2D eigenvalue weighted by atomic mass is 28.4. The number of hydroxylamine groups is 2. The lowest BCUT2D eigenvalue weighted by molar-refractivity contribution is -0.137. The standard InChI is InChI=1S/C22H36F3NO4Si/c1-15(18(14-27)16-10-12-17(13-11-16)22(23,24)25)26(19(28)29-20(2,3)4)30-31(8,9)21(5,6)7/h10-13,15,18,27H,14H2,1-9H3/t15-,18+/m1/s1. The smallest absolute Gasteiger partial charge is 0.433 e. The summed E-state index contributed by atoms with van der Waals surface area (Å²) in [4.78, 5) is 13.0. The van der Waals surface area contributed by atoms with Crippen LogP contribution in [-0.2, 0) is 15.4 Å². The van der Waals surface area contributed by atoms with Gasteiger partial charge in [0.1, 0.15) is 5.60 Å². The number of carbonyl (C=O) groups is 1. The van der Waals surface area contributed by atoms with Crippen molar-refractivity contribution in [3.8, 4) is 0 Å². The van der Waals surface area contributed by atoms with E-state index in [1.165, 1.54) is 12.1 Å². The Labute approximate surface area is 184 Å². The second kappa shape index (κ2) is 9.50. The minimum absolute atomic E-state index is 0.212. The lowest BCUT2D eigenvalue weighted by Crippen LogP contribution is -2.54. The van der Waals surface area contributed by atoms with Crippen LogP contribution in [0.2, 0.25) is 18.1 Å². The van der Waals surface area contributed by atoms with Crippen LogP contribution in [0.15, 0.2) is 24.3 Å². The van der Waals surface area contributed by atoms with E-state index in [0.29, 0.717) is 5.56 Å². The molecule has 2 atom stereocenters. The van der Waals surface area contributed by atoms with Gasteiger partial charge in [0, 0.05) is 5.92 Å². The molecule has 0 fully saturated rings. The van der Waals surface area contributed by atoms with Gasteiger partial charge in [-0.15, -0.1) is 0 Å². The Kier molecular flexibility index (Phi) is 8.41. The number of hydrogen-bond acceptors (Lipinski definition) is 4. The van der Waals surface area contributed by atoms with Crippen LogP contribution >= 0.6 is 0 Å². The summed E-state index contributed by atoms with van der Waals surface area (Å²) in [6, 6.07) is 3.89. The minimum atomic E-state index is -4.45. The third-order valence-corrected chi connectivity index (χ3v) is 9.79. The molecular formula is C22H36F3NO4Si. The van der Waals surface area contributed by atoms with Gasteiger partial charge in [0.15, 0.2) is 0 Å². The van der Waals surface area contributed by atoms with Crippen LogP contribution in [-0.4, -0.2) is 42.8 Å². The van der Waals surface area contributed by atoms with Gasteiger partial charge >= 0.3 is 12.3 Å². The van der Waals surface area contributed by atoms with Gasteiger partial charge in [-0.3, -0.25) is 0 Å². The zero-order valence-corrected chi connectivity index (χ0v) is 20.9. The summed E-state index contributed by atoms with van der Waals surface area (Å²) in [5.74, 6) is -0.667. The van der Waals surface area contributed by atoms with Crippen LogP contribution in [0.1, 0.15) is 65.5 Å². The number of hydrogen-bond donors (Lipinski definition) is 1. The fourth-order valence-corrected chi connectivity index (χ4v) is 3.60. The number of benzene rings is 1. The average Bonchev–Trinajstić information content (AvgIpc) is 2.57. The molecule has 9 heteroatoms. The van der Waals surface area contributed by atoms with Gasteiger partial charge in [0.25, 0.3) is 0 Å². The molecule has 0 bridgehead atoms. The van der Waals surface area contributed by atoms with Crippen LogP contribution in [0.5, 0.6) is 0 Å². The van der Waals surface area contributed by atoms with Crippen molar-refractivity contribution >= 4 is 14.4 Å². The number of rotatable bonds is 6. The molecule has 1 aromatic carbocycles. The van der Waals surface area contributed by atoms with Crippen molar-refractivity contribution in [3.63, 3.8) is 0 Å². The molecule has 0 aliphatic rings. The average molecular weight is 464 g/mol. The summed E-state index contributed by atoms with van der Waals surface area (Å²) in [7, 11) is -2.47. The number of nitrogens with zero attached hydrogens (tertiary/aromatic N) is 1. The van der Waals surface area contributed by atoms with E-state index >= 15 is 0 Å². The number of aliphatic hydroxyl groups excluding tert-OH is 1. The van der Waals surface area contributed by atoms with Gasteiger partial charge in [0.2, 0.25) is 8.32 Å². The van der Waals surface area contributed by atoms with Crippen molar-refractivity contribution in [1.82, 2.24) is 5.06 Å². The van der Waals surface area contributed by atoms with E-state index < -0.39 is 43.7 Å². The molecule has 0 aliphatic carbocycles. The van der Waals surface area contributed by atoms with E-state index in [1.54, 1.807) is 27.7 Å². The monoisotopic (exact) mass is 463 g/mol. The first-order valence-corrected chi connectivity index (χ1v) is 13.2. The van der Waals surface area contributed by atoms with E-state index in [4.69, 9.17) is 9.26 Å². The second-order valence-electron chi connectivity index (χ2n) is 10.3. The fourth-order valence-electron chi connectivity index (χ4n) is 2.60. The molecule has 0 heterocycles. The van der Waals surface area contributed by atoms with Crippen molar-refractivity contribution in [3.05, 3.63) is 35.4 Å². The summed E-state index contributed by atoms with van der Waals surface area (Å²) in [5.41, 5.74) is -1.08. The largest absolute Gasteiger partial charge is 0.442 e. The maximum Gasteiger partial charge on any atom is 0.433 e. The van der Waals surface area contributed by atoms with Crippen LogP contribution in [0.4, 0.5) is 18.0 Å². The highest BCUT2D eigenvalue weighted by molar-refractivity contribution is 6.74. The van der Waals surface area contributed by atoms with Gasteiger partial charge in [0.05, 0.1) is 18.2 Å². The number of halogens is 3. The molecule has 0 saturated carbocycles. The molecular weight excluding hydrogens is 427 g/mol. The van der Waals surface area contributed by atoms with Crippen LogP contribution in [0.25, 0.3) is 0 Å². The SMILES string of the molecule is C[C@H]([C@H](CO)c1ccc(C(F)(F)F)cc1)N(O[Si](C)(C)C(C)(C)C)C(=O)OC(C)(C)C. The van der Waals surface area contributed by atoms with E-state index in [1.807, 2.05) is 33.9 Å². The lowest BCUT2D eigenvalue weighted by Gasteiger charge is -2.43. The molecule has 1 N–H and O–H groups in total. The van der Waals surface area contributed by atoms with Gasteiger partial charge in [-0.25, -0.2) is 4.79 Å². The number of aliphatic hydroxyl groups is 1. The highest BCUT2D eigenvalue weighted by Gasteiger charge is 2.44. The number of carbonyl (C=O) groups excluding carboxylic acids is 1. The van der Waals surface area contributed by atoms with Crippen LogP contribution in [0, 0.1) is 0 Å². The second-order valence-corrected chi connectivity index (χ2v) is 15.0. The van der Waals surface area contributed by atoms with Crippen molar-refractivity contribution < 1.29 is 32.3 Å². The zero-order valence-electron chi connectivity index (χ0n) is 19.9. The molecule has 0 aliphatic heterocycles. The first-order valence-electron chi connectivity index (χ1n) is 10.3. The Bertz CT molecular complexity index is 737. The molecule has 0 aromatic heterocycles. The van der Waals surface area contributed by atoms with E-state index in [0.717, 1.165) is 17.2 Å². The van der Waals surface area contributed by atoms with Crippen molar-refractivity contribution in [1.29, 1.82) is 0 Å². The first kappa shape index (κ1) is 27.5. The summed E-state index contributed by atoms with van der Waals surface area (Å²) in [6.07, 6.45) is -5.15. The minimum Gasteiger partial charge on any atom is -0.442 e. The summed E-state index contributed by atoms with van der Waals surface area (Å²) in [5, 5.41) is 11.0. The Hall–Kier alpha value is -1.58. The molecule has 5 nitrogen and oxygen atoms in total. The predicted molar refractivity (Wildman–Crippen MR) is 117 cm³/mol. The van der Waals surface area contributed by atoms with Crippen LogP contribution < -0.4 is 0 Å². The molecule has 1 aromatic rings. The third-order valence-electron chi connectivity index (χ3n) is 5.52. The maximum atomic E-state index is 13.0. The Morgan fingerprint density at radius 1 is 1.06 bits per heavy atom. The number of alkyl halides is 3. The molecule has 31 heavy (non-hydrogen) atoms. The predicted octanol–water partition coefficient (Wildman–Crippen LogP) is 6.34. The molecule has 0 spiro atoms. The normalized spacial score (nSPS) is 15.4. The topological polar surface area (TPSA) is 59.0 Å². The van der Waals surface area contributed by atoms with Crippen molar-refractivity contribution in [2.75, 3.05) is 6.61 Å².